The lowest BCUT2D eigenvalue weighted by atomic mass is 10.1. The van der Waals surface area contributed by atoms with E-state index in [1.54, 1.807) is 37.0 Å². The van der Waals surface area contributed by atoms with Crippen molar-refractivity contribution < 1.29 is 14.0 Å². The van der Waals surface area contributed by atoms with Gasteiger partial charge in [-0.1, -0.05) is 12.1 Å². The summed E-state index contributed by atoms with van der Waals surface area (Å²) in [5.74, 6) is 1.30. The fourth-order valence-corrected chi connectivity index (χ4v) is 3.71. The first-order valence-electron chi connectivity index (χ1n) is 7.31. The number of hydrogen-bond acceptors (Lipinski definition) is 4. The Hall–Kier alpha value is -2.21. The van der Waals surface area contributed by atoms with E-state index in [4.69, 9.17) is 4.42 Å². The maximum atomic E-state index is 12.2. The van der Waals surface area contributed by atoms with Gasteiger partial charge in [-0.3, -0.25) is 9.59 Å². The molecule has 2 aromatic rings. The maximum Gasteiger partial charge on any atom is 0.253 e. The molecule has 0 N–H and O–H groups in total. The lowest BCUT2D eigenvalue weighted by molar-refractivity contribution is -0.128. The Balaban J connectivity index is 1.79. The van der Waals surface area contributed by atoms with Gasteiger partial charge >= 0.3 is 0 Å². The van der Waals surface area contributed by atoms with Crippen molar-refractivity contribution >= 4 is 23.6 Å². The van der Waals surface area contributed by atoms with Crippen molar-refractivity contribution in [1.82, 2.24) is 9.80 Å². The zero-order chi connectivity index (χ0) is 16.4. The molecule has 1 aromatic carbocycles. The van der Waals surface area contributed by atoms with Crippen LogP contribution in [0.1, 0.15) is 27.1 Å². The van der Waals surface area contributed by atoms with E-state index in [2.05, 4.69) is 0 Å². The van der Waals surface area contributed by atoms with Crippen molar-refractivity contribution in [3.05, 3.63) is 59.5 Å². The van der Waals surface area contributed by atoms with Crippen LogP contribution >= 0.6 is 11.8 Å². The molecule has 0 saturated carbocycles. The molecule has 1 saturated heterocycles. The Bertz CT molecular complexity index is 695. The van der Waals surface area contributed by atoms with E-state index in [0.717, 1.165) is 11.3 Å². The summed E-state index contributed by atoms with van der Waals surface area (Å²) >= 11 is 1.59. The number of furan rings is 1. The average Bonchev–Trinajstić information content (AvgIpc) is 3.18. The molecule has 1 fully saturated rings. The standard InChI is InChI=1S/C17H18N2O3S/c1-18(2)16(21)12-5-7-13(8-6-12)17-19(15(20)11-23-17)10-14-4-3-9-22-14/h3-9,17H,10-11H2,1-2H3. The molecule has 0 aliphatic carbocycles. The van der Waals surface area contributed by atoms with Crippen LogP contribution < -0.4 is 0 Å². The normalized spacial score (nSPS) is 17.6. The van der Waals surface area contributed by atoms with Crippen LogP contribution in [0.4, 0.5) is 0 Å². The summed E-state index contributed by atoms with van der Waals surface area (Å²) in [6.07, 6.45) is 1.61. The molecule has 0 spiro atoms. The van der Waals surface area contributed by atoms with Crippen molar-refractivity contribution in [1.29, 1.82) is 0 Å². The quantitative estimate of drug-likeness (QED) is 0.865. The van der Waals surface area contributed by atoms with Crippen molar-refractivity contribution in [2.45, 2.75) is 11.9 Å². The first kappa shape index (κ1) is 15.7. The smallest absolute Gasteiger partial charge is 0.253 e. The highest BCUT2D eigenvalue weighted by atomic mass is 32.2. The summed E-state index contributed by atoms with van der Waals surface area (Å²) in [4.78, 5) is 27.5. The average molecular weight is 330 g/mol. The van der Waals surface area contributed by atoms with E-state index in [1.807, 2.05) is 41.3 Å². The SMILES string of the molecule is CN(C)C(=O)c1ccc(C2SCC(=O)N2Cc2ccco2)cc1. The number of nitrogens with zero attached hydrogens (tertiary/aromatic N) is 2. The van der Waals surface area contributed by atoms with Gasteiger partial charge in [-0.15, -0.1) is 11.8 Å². The molecule has 6 heteroatoms. The Kier molecular flexibility index (Phi) is 4.43. The molecule has 2 amide bonds. The summed E-state index contributed by atoms with van der Waals surface area (Å²) in [5.41, 5.74) is 1.66. The molecule has 1 aromatic heterocycles. The number of thioether (sulfide) groups is 1. The summed E-state index contributed by atoms with van der Waals surface area (Å²) in [5, 5.41) is -0.0453. The second kappa shape index (κ2) is 6.50. The second-order valence-electron chi connectivity index (χ2n) is 5.59. The summed E-state index contributed by atoms with van der Waals surface area (Å²) in [7, 11) is 3.46. The summed E-state index contributed by atoms with van der Waals surface area (Å²) < 4.78 is 5.35. The number of rotatable bonds is 4. The topological polar surface area (TPSA) is 53.8 Å². The van der Waals surface area contributed by atoms with Crippen LogP contribution in [0.2, 0.25) is 0 Å². The minimum absolute atomic E-state index is 0.0286. The number of amides is 2. The molecule has 1 unspecified atom stereocenters. The second-order valence-corrected chi connectivity index (χ2v) is 6.65. The number of carbonyl (C=O) groups is 2. The molecule has 1 aliphatic rings. The van der Waals surface area contributed by atoms with E-state index < -0.39 is 0 Å². The molecular formula is C17H18N2O3S. The lowest BCUT2D eigenvalue weighted by Gasteiger charge is -2.23. The van der Waals surface area contributed by atoms with Crippen LogP contribution in [0.3, 0.4) is 0 Å². The van der Waals surface area contributed by atoms with Gasteiger partial charge in [0.2, 0.25) is 5.91 Å². The molecule has 23 heavy (non-hydrogen) atoms. The fourth-order valence-electron chi connectivity index (χ4n) is 2.52. The van der Waals surface area contributed by atoms with Gasteiger partial charge in [0.1, 0.15) is 11.1 Å². The minimum atomic E-state index is -0.0453. The first-order chi connectivity index (χ1) is 11.1. The van der Waals surface area contributed by atoms with Crippen LogP contribution in [-0.4, -0.2) is 41.5 Å². The zero-order valence-corrected chi connectivity index (χ0v) is 13.9. The Labute approximate surface area is 139 Å². The van der Waals surface area contributed by atoms with E-state index >= 15 is 0 Å². The monoisotopic (exact) mass is 330 g/mol. The van der Waals surface area contributed by atoms with Gasteiger partial charge < -0.3 is 14.2 Å². The highest BCUT2D eigenvalue weighted by Gasteiger charge is 2.33. The molecule has 120 valence electrons. The van der Waals surface area contributed by atoms with Crippen molar-refractivity contribution in [3.8, 4) is 0 Å². The molecule has 5 nitrogen and oxygen atoms in total. The van der Waals surface area contributed by atoms with E-state index in [9.17, 15) is 9.59 Å². The highest BCUT2D eigenvalue weighted by Crippen LogP contribution is 2.39. The number of benzene rings is 1. The predicted octanol–water partition coefficient (Wildman–Crippen LogP) is 2.76. The van der Waals surface area contributed by atoms with Gasteiger partial charge in [0.15, 0.2) is 0 Å². The Morgan fingerprint density at radius 1 is 1.30 bits per heavy atom. The third kappa shape index (κ3) is 3.27. The van der Waals surface area contributed by atoms with Crippen LogP contribution in [0.5, 0.6) is 0 Å². The largest absolute Gasteiger partial charge is 0.467 e. The third-order valence-electron chi connectivity index (χ3n) is 3.72. The minimum Gasteiger partial charge on any atom is -0.467 e. The Morgan fingerprint density at radius 3 is 2.65 bits per heavy atom. The molecule has 3 rings (SSSR count). The molecule has 1 atom stereocenters. The maximum absolute atomic E-state index is 12.2. The van der Waals surface area contributed by atoms with Gasteiger partial charge in [0, 0.05) is 19.7 Å². The number of carbonyl (C=O) groups excluding carboxylic acids is 2. The zero-order valence-electron chi connectivity index (χ0n) is 13.1. The third-order valence-corrected chi connectivity index (χ3v) is 4.98. The van der Waals surface area contributed by atoms with Gasteiger partial charge in [0.05, 0.1) is 18.6 Å². The van der Waals surface area contributed by atoms with Crippen LogP contribution in [0, 0.1) is 0 Å². The fraction of sp³-hybridized carbons (Fsp3) is 0.294. The van der Waals surface area contributed by atoms with E-state index in [-0.39, 0.29) is 17.2 Å². The molecule has 0 radical (unpaired) electrons. The van der Waals surface area contributed by atoms with E-state index in [1.165, 1.54) is 0 Å². The van der Waals surface area contributed by atoms with Crippen LogP contribution in [-0.2, 0) is 11.3 Å². The lowest BCUT2D eigenvalue weighted by Crippen LogP contribution is -2.27. The van der Waals surface area contributed by atoms with Crippen LogP contribution in [0.15, 0.2) is 47.1 Å². The van der Waals surface area contributed by atoms with Gasteiger partial charge in [0.25, 0.3) is 5.91 Å². The summed E-state index contributed by atoms with van der Waals surface area (Å²) in [6.45, 7) is 0.460. The van der Waals surface area contributed by atoms with Crippen molar-refractivity contribution in [2.75, 3.05) is 19.8 Å². The van der Waals surface area contributed by atoms with Crippen molar-refractivity contribution in [2.24, 2.45) is 0 Å². The summed E-state index contributed by atoms with van der Waals surface area (Å²) in [6, 6.07) is 11.1. The Morgan fingerprint density at radius 2 is 2.04 bits per heavy atom. The van der Waals surface area contributed by atoms with Gasteiger partial charge in [-0.05, 0) is 29.8 Å². The number of hydrogen-bond donors (Lipinski definition) is 0. The van der Waals surface area contributed by atoms with Crippen LogP contribution in [0.25, 0.3) is 0 Å². The predicted molar refractivity (Wildman–Crippen MR) is 88.9 cm³/mol. The molecule has 1 aliphatic heterocycles. The van der Waals surface area contributed by atoms with Gasteiger partial charge in [-0.2, -0.15) is 0 Å². The molecule has 0 bridgehead atoms. The van der Waals surface area contributed by atoms with Gasteiger partial charge in [-0.25, -0.2) is 0 Å². The molecule has 2 heterocycles. The first-order valence-corrected chi connectivity index (χ1v) is 8.36. The van der Waals surface area contributed by atoms with E-state index in [0.29, 0.717) is 17.9 Å². The highest BCUT2D eigenvalue weighted by molar-refractivity contribution is 8.00. The molecular weight excluding hydrogens is 312 g/mol. The van der Waals surface area contributed by atoms with Crippen molar-refractivity contribution in [3.63, 3.8) is 0 Å².